The van der Waals surface area contributed by atoms with Gasteiger partial charge in [0.2, 0.25) is 0 Å². The SMILES string of the molecule is COC(=O)C1=C(C(=O)OC)N(c2cc(Oc3ccc(Cl)cc3)cc([N+](=O)[O-])c2)COC1. The van der Waals surface area contributed by atoms with Crippen molar-refractivity contribution in [3.05, 3.63) is 68.9 Å². The molecule has 0 aromatic heterocycles. The van der Waals surface area contributed by atoms with Crippen molar-refractivity contribution in [1.29, 1.82) is 0 Å². The standard InChI is InChI=1S/C20H17ClN2O8/c1-28-19(24)17-10-30-11-22(18(17)20(25)29-2)13-7-14(23(26)27)9-16(8-13)31-15-5-3-12(21)4-6-15/h3-9H,10-11H2,1-2H3. The molecule has 1 aliphatic rings. The summed E-state index contributed by atoms with van der Waals surface area (Å²) in [7, 11) is 2.31. The van der Waals surface area contributed by atoms with E-state index in [1.807, 2.05) is 0 Å². The number of esters is 2. The lowest BCUT2D eigenvalue weighted by Gasteiger charge is -2.31. The lowest BCUT2D eigenvalue weighted by Crippen LogP contribution is -2.38. The molecule has 3 rings (SSSR count). The molecule has 31 heavy (non-hydrogen) atoms. The number of anilines is 1. The van der Waals surface area contributed by atoms with Gasteiger partial charge < -0.3 is 23.8 Å². The second-order valence-corrected chi connectivity index (χ2v) is 6.65. The van der Waals surface area contributed by atoms with Gasteiger partial charge in [0.25, 0.3) is 5.69 Å². The Balaban J connectivity index is 2.09. The van der Waals surface area contributed by atoms with Crippen LogP contribution in [0.3, 0.4) is 0 Å². The number of rotatable bonds is 6. The van der Waals surface area contributed by atoms with E-state index in [1.54, 1.807) is 24.3 Å². The maximum absolute atomic E-state index is 12.4. The Kier molecular flexibility index (Phi) is 6.73. The number of non-ortho nitro benzene ring substituents is 1. The fourth-order valence-corrected chi connectivity index (χ4v) is 3.00. The third-order valence-corrected chi connectivity index (χ3v) is 4.53. The first-order chi connectivity index (χ1) is 14.8. The van der Waals surface area contributed by atoms with Gasteiger partial charge in [-0.15, -0.1) is 0 Å². The minimum Gasteiger partial charge on any atom is -0.466 e. The summed E-state index contributed by atoms with van der Waals surface area (Å²) >= 11 is 5.87. The topological polar surface area (TPSA) is 117 Å². The molecule has 1 heterocycles. The number of carbonyl (C=O) groups excluding carboxylic acids is 2. The summed E-state index contributed by atoms with van der Waals surface area (Å²) in [6.07, 6.45) is 0. The number of nitro groups is 1. The van der Waals surface area contributed by atoms with E-state index in [2.05, 4.69) is 0 Å². The molecule has 0 radical (unpaired) electrons. The number of nitrogens with zero attached hydrogens (tertiary/aromatic N) is 2. The molecule has 2 aromatic rings. The number of hydrogen-bond acceptors (Lipinski definition) is 9. The summed E-state index contributed by atoms with van der Waals surface area (Å²) in [6, 6.07) is 10.3. The molecule has 0 unspecified atom stereocenters. The van der Waals surface area contributed by atoms with Gasteiger partial charge in [-0.05, 0) is 24.3 Å². The van der Waals surface area contributed by atoms with Crippen LogP contribution in [-0.2, 0) is 23.8 Å². The summed E-state index contributed by atoms with van der Waals surface area (Å²) < 4.78 is 20.6. The number of carbonyl (C=O) groups is 2. The fraction of sp³-hybridized carbons (Fsp3) is 0.200. The number of hydrogen-bond donors (Lipinski definition) is 0. The predicted molar refractivity (Wildman–Crippen MR) is 109 cm³/mol. The van der Waals surface area contributed by atoms with E-state index >= 15 is 0 Å². The Morgan fingerprint density at radius 2 is 1.74 bits per heavy atom. The number of halogens is 1. The maximum atomic E-state index is 12.4. The fourth-order valence-electron chi connectivity index (χ4n) is 2.87. The van der Waals surface area contributed by atoms with Gasteiger partial charge in [0.15, 0.2) is 0 Å². The molecule has 0 spiro atoms. The number of methoxy groups -OCH3 is 2. The molecule has 10 nitrogen and oxygen atoms in total. The second kappa shape index (κ2) is 9.45. The van der Waals surface area contributed by atoms with Crippen LogP contribution in [0.4, 0.5) is 11.4 Å². The summed E-state index contributed by atoms with van der Waals surface area (Å²) in [4.78, 5) is 36.7. The molecule has 0 aliphatic carbocycles. The first kappa shape index (κ1) is 22.1. The zero-order chi connectivity index (χ0) is 22.5. The van der Waals surface area contributed by atoms with Crippen molar-refractivity contribution in [2.75, 3.05) is 32.5 Å². The number of nitro benzene ring substituents is 1. The van der Waals surface area contributed by atoms with E-state index in [9.17, 15) is 19.7 Å². The molecule has 0 saturated carbocycles. The highest BCUT2D eigenvalue weighted by Gasteiger charge is 2.33. The van der Waals surface area contributed by atoms with Gasteiger partial charge in [0.05, 0.1) is 43.1 Å². The maximum Gasteiger partial charge on any atom is 0.355 e. The van der Waals surface area contributed by atoms with Gasteiger partial charge in [0, 0.05) is 17.2 Å². The molecule has 0 bridgehead atoms. The average molecular weight is 449 g/mol. The third-order valence-electron chi connectivity index (χ3n) is 4.28. The van der Waals surface area contributed by atoms with Crippen molar-refractivity contribution in [2.24, 2.45) is 0 Å². The molecule has 0 amide bonds. The quantitative estimate of drug-likeness (QED) is 0.372. The van der Waals surface area contributed by atoms with Crippen LogP contribution in [0.1, 0.15) is 0 Å². The molecule has 11 heteroatoms. The van der Waals surface area contributed by atoms with E-state index < -0.39 is 16.9 Å². The summed E-state index contributed by atoms with van der Waals surface area (Å²) in [5, 5.41) is 12.0. The highest BCUT2D eigenvalue weighted by atomic mass is 35.5. The highest BCUT2D eigenvalue weighted by Crippen LogP contribution is 2.35. The Labute approximate surface area is 181 Å². The van der Waals surface area contributed by atoms with Crippen molar-refractivity contribution < 1.29 is 33.5 Å². The third kappa shape index (κ3) is 4.93. The van der Waals surface area contributed by atoms with Crippen LogP contribution in [0.5, 0.6) is 11.5 Å². The van der Waals surface area contributed by atoms with Crippen LogP contribution in [0.25, 0.3) is 0 Å². The summed E-state index contributed by atoms with van der Waals surface area (Å²) in [5.74, 6) is -1.09. The average Bonchev–Trinajstić information content (AvgIpc) is 2.78. The van der Waals surface area contributed by atoms with Crippen LogP contribution in [0.2, 0.25) is 5.02 Å². The van der Waals surface area contributed by atoms with E-state index in [1.165, 1.54) is 23.1 Å². The van der Waals surface area contributed by atoms with Gasteiger partial charge in [-0.2, -0.15) is 0 Å². The molecule has 0 atom stereocenters. The van der Waals surface area contributed by atoms with Gasteiger partial charge >= 0.3 is 11.9 Å². The molecular weight excluding hydrogens is 432 g/mol. The minimum absolute atomic E-state index is 0.0766. The van der Waals surface area contributed by atoms with Gasteiger partial charge in [-0.3, -0.25) is 10.1 Å². The number of benzene rings is 2. The van der Waals surface area contributed by atoms with Crippen LogP contribution in [0, 0.1) is 10.1 Å². The monoisotopic (exact) mass is 448 g/mol. The Hall–Kier alpha value is -3.63. The second-order valence-electron chi connectivity index (χ2n) is 6.21. The van der Waals surface area contributed by atoms with Crippen molar-refractivity contribution in [3.63, 3.8) is 0 Å². The summed E-state index contributed by atoms with van der Waals surface area (Å²) in [6.45, 7) is -0.344. The van der Waals surface area contributed by atoms with Crippen LogP contribution >= 0.6 is 11.6 Å². The molecular formula is C20H17ClN2O8. The van der Waals surface area contributed by atoms with Crippen molar-refractivity contribution in [3.8, 4) is 11.5 Å². The highest BCUT2D eigenvalue weighted by molar-refractivity contribution is 6.30. The van der Waals surface area contributed by atoms with Gasteiger partial charge in [-0.25, -0.2) is 9.59 Å². The van der Waals surface area contributed by atoms with Crippen LogP contribution < -0.4 is 9.64 Å². The van der Waals surface area contributed by atoms with Gasteiger partial charge in [-0.1, -0.05) is 11.6 Å². The van der Waals surface area contributed by atoms with Gasteiger partial charge in [0.1, 0.15) is 23.9 Å². The zero-order valence-corrected chi connectivity index (χ0v) is 17.2. The lowest BCUT2D eigenvalue weighted by atomic mass is 10.1. The van der Waals surface area contributed by atoms with Crippen LogP contribution in [0.15, 0.2) is 53.7 Å². The lowest BCUT2D eigenvalue weighted by molar-refractivity contribution is -0.384. The van der Waals surface area contributed by atoms with E-state index in [4.69, 9.17) is 30.5 Å². The van der Waals surface area contributed by atoms with E-state index in [-0.39, 0.29) is 41.7 Å². The van der Waals surface area contributed by atoms with Crippen molar-refractivity contribution in [2.45, 2.75) is 0 Å². The Bertz CT molecular complexity index is 1050. The van der Waals surface area contributed by atoms with E-state index in [0.29, 0.717) is 10.8 Å². The predicted octanol–water partition coefficient (Wildman–Crippen LogP) is 3.43. The number of ether oxygens (including phenoxy) is 4. The molecule has 2 aromatic carbocycles. The zero-order valence-electron chi connectivity index (χ0n) is 16.5. The smallest absolute Gasteiger partial charge is 0.355 e. The molecule has 0 saturated heterocycles. The van der Waals surface area contributed by atoms with Crippen molar-refractivity contribution >= 4 is 34.9 Å². The Morgan fingerprint density at radius 1 is 1.06 bits per heavy atom. The molecule has 0 fully saturated rings. The largest absolute Gasteiger partial charge is 0.466 e. The molecule has 1 aliphatic heterocycles. The Morgan fingerprint density at radius 3 is 2.35 bits per heavy atom. The summed E-state index contributed by atoms with van der Waals surface area (Å²) in [5.41, 5.74) is -0.332. The molecule has 0 N–H and O–H groups in total. The van der Waals surface area contributed by atoms with Crippen molar-refractivity contribution in [1.82, 2.24) is 0 Å². The molecule has 162 valence electrons. The van der Waals surface area contributed by atoms with E-state index in [0.717, 1.165) is 14.2 Å². The minimum atomic E-state index is -0.824. The first-order valence-electron chi connectivity index (χ1n) is 8.82. The first-order valence-corrected chi connectivity index (χ1v) is 9.19. The van der Waals surface area contributed by atoms with Crippen LogP contribution in [-0.4, -0.2) is 44.4 Å². The normalized spacial score (nSPS) is 13.6.